The summed E-state index contributed by atoms with van der Waals surface area (Å²) in [4.78, 5) is 70.4. The highest BCUT2D eigenvalue weighted by Gasteiger charge is 2.38. The Morgan fingerprint density at radius 3 is 1.87 bits per heavy atom. The van der Waals surface area contributed by atoms with E-state index in [9.17, 15) is 37.1 Å². The number of aliphatic hydroxyl groups excluding tert-OH is 1. The molecule has 0 aliphatic rings. The molecule has 0 saturated carbocycles. The summed E-state index contributed by atoms with van der Waals surface area (Å²) in [6.45, 7) is -1.19. The topological polar surface area (TPSA) is 310 Å². The number of carbonyl (C=O) groups excluding carboxylic acids is 3. The number of nitrogens with zero attached hydrogens (tertiary/aromatic N) is 1. The number of alkyl halides is 3. The van der Waals surface area contributed by atoms with Crippen molar-refractivity contribution in [3.63, 3.8) is 0 Å². The van der Waals surface area contributed by atoms with Crippen LogP contribution in [0, 0.1) is 0 Å². The van der Waals surface area contributed by atoms with Gasteiger partial charge in [0.25, 0.3) is 0 Å². The minimum Gasteiger partial charge on any atom is -0.481 e. The van der Waals surface area contributed by atoms with Crippen LogP contribution < -0.4 is 33.2 Å². The second-order valence-electron chi connectivity index (χ2n) is 7.21. The van der Waals surface area contributed by atoms with Crippen LogP contribution in [-0.2, 0) is 28.8 Å². The third-order valence-corrected chi connectivity index (χ3v) is 4.07. The molecule has 3 amide bonds. The first kappa shape index (κ1) is 36.0. The number of aliphatic carboxylic acids is 3. The quantitative estimate of drug-likeness (QED) is 0.0519. The van der Waals surface area contributed by atoms with Crippen LogP contribution in [0.1, 0.15) is 25.7 Å². The number of carbonyl (C=O) groups is 6. The molecule has 38 heavy (non-hydrogen) atoms. The predicted octanol–water partition coefficient (Wildman–Crippen LogP) is -3.97. The molecular weight excluding hydrogens is 531 g/mol. The lowest BCUT2D eigenvalue weighted by atomic mass is 10.1. The normalized spacial score (nSPS) is 12.9. The number of hydrogen-bond acceptors (Lipinski definition) is 9. The molecule has 0 spiro atoms. The molecule has 0 unspecified atom stereocenters. The van der Waals surface area contributed by atoms with Crippen molar-refractivity contribution in [2.45, 2.75) is 50.0 Å². The van der Waals surface area contributed by atoms with E-state index >= 15 is 0 Å². The SMILES string of the molecule is NC(N)=NCCC[C@H](N)C(=O)NCC(=O)N[C@@H](CCC(=O)O)C(=O)N[C@@H](CO)C(=O)O.O=C(O)C(F)(F)F. The van der Waals surface area contributed by atoms with Crippen molar-refractivity contribution >= 4 is 41.6 Å². The Balaban J connectivity index is 0. The number of aliphatic hydroxyl groups is 1. The smallest absolute Gasteiger partial charge is 0.481 e. The van der Waals surface area contributed by atoms with Crippen LogP contribution in [0.3, 0.4) is 0 Å². The van der Waals surface area contributed by atoms with Crippen molar-refractivity contribution in [3.05, 3.63) is 0 Å². The maximum atomic E-state index is 12.2. The standard InChI is InChI=1S/C16H29N7O8.C2HF3O2/c17-8(2-1-5-20-16(18)19)13(28)21-6-11(25)22-9(3-4-12(26)27)14(29)23-10(7-24)15(30)31;3-2(4,5)1(6)7/h8-10,24H,1-7,17H2,(H,21,28)(H,22,25)(H,23,29)(H,26,27)(H,30,31)(H4,18,19,20);(H,6,7)/t8-,9-,10-;/m0./s1. The Morgan fingerprint density at radius 2 is 1.45 bits per heavy atom. The molecule has 0 aromatic heterocycles. The molecule has 0 bridgehead atoms. The number of carboxylic acid groups (broad SMARTS) is 3. The van der Waals surface area contributed by atoms with Gasteiger partial charge in [0, 0.05) is 13.0 Å². The first-order valence-electron chi connectivity index (χ1n) is 10.5. The summed E-state index contributed by atoms with van der Waals surface area (Å²) in [5, 5.41) is 40.2. The second-order valence-corrected chi connectivity index (χ2v) is 7.21. The highest BCUT2D eigenvalue weighted by atomic mass is 19.4. The van der Waals surface area contributed by atoms with Crippen molar-refractivity contribution in [1.29, 1.82) is 0 Å². The van der Waals surface area contributed by atoms with Gasteiger partial charge in [0.15, 0.2) is 5.96 Å². The molecule has 0 heterocycles. The van der Waals surface area contributed by atoms with E-state index in [4.69, 9.17) is 42.4 Å². The Labute approximate surface area is 212 Å². The number of hydrogen-bond donors (Lipinski definition) is 10. The monoisotopic (exact) mass is 561 g/mol. The van der Waals surface area contributed by atoms with Gasteiger partial charge in [-0.2, -0.15) is 13.2 Å². The predicted molar refractivity (Wildman–Crippen MR) is 120 cm³/mol. The third kappa shape index (κ3) is 18.1. The molecule has 0 saturated heterocycles. The highest BCUT2D eigenvalue weighted by Crippen LogP contribution is 2.13. The van der Waals surface area contributed by atoms with Gasteiger partial charge in [-0.1, -0.05) is 0 Å². The van der Waals surface area contributed by atoms with Crippen LogP contribution in [0.2, 0.25) is 0 Å². The van der Waals surface area contributed by atoms with Crippen LogP contribution in [0.5, 0.6) is 0 Å². The molecule has 0 aliphatic heterocycles. The van der Waals surface area contributed by atoms with Crippen molar-refractivity contribution in [2.24, 2.45) is 22.2 Å². The van der Waals surface area contributed by atoms with E-state index in [1.807, 2.05) is 5.32 Å². The Kier molecular flexibility index (Phi) is 17.1. The molecular formula is C18H30F3N7O10. The molecule has 0 radical (unpaired) electrons. The maximum absolute atomic E-state index is 12.2. The van der Waals surface area contributed by atoms with Gasteiger partial charge in [0.2, 0.25) is 17.7 Å². The average molecular weight is 561 g/mol. The zero-order chi connectivity index (χ0) is 30.1. The summed E-state index contributed by atoms with van der Waals surface area (Å²) in [5.41, 5.74) is 16.0. The van der Waals surface area contributed by atoms with Gasteiger partial charge in [0.05, 0.1) is 19.2 Å². The number of guanidine groups is 1. The van der Waals surface area contributed by atoms with Crippen LogP contribution in [0.15, 0.2) is 4.99 Å². The molecule has 0 fully saturated rings. The Morgan fingerprint density at radius 1 is 0.895 bits per heavy atom. The molecule has 13 N–H and O–H groups in total. The second kappa shape index (κ2) is 18.1. The van der Waals surface area contributed by atoms with Crippen LogP contribution in [0.25, 0.3) is 0 Å². The van der Waals surface area contributed by atoms with Gasteiger partial charge in [-0.05, 0) is 19.3 Å². The van der Waals surface area contributed by atoms with E-state index in [0.29, 0.717) is 6.42 Å². The van der Waals surface area contributed by atoms with E-state index in [1.54, 1.807) is 0 Å². The van der Waals surface area contributed by atoms with Gasteiger partial charge in [-0.15, -0.1) is 0 Å². The molecule has 0 aromatic carbocycles. The van der Waals surface area contributed by atoms with E-state index in [-0.39, 0.29) is 25.3 Å². The molecule has 0 aliphatic carbocycles. The van der Waals surface area contributed by atoms with E-state index < -0.39 is 79.5 Å². The Bertz CT molecular complexity index is 866. The summed E-state index contributed by atoms with van der Waals surface area (Å²) in [6, 6.07) is -3.97. The van der Waals surface area contributed by atoms with Gasteiger partial charge in [-0.3, -0.25) is 24.2 Å². The fourth-order valence-corrected chi connectivity index (χ4v) is 2.19. The molecule has 0 aromatic rings. The van der Waals surface area contributed by atoms with Crippen molar-refractivity contribution in [1.82, 2.24) is 16.0 Å². The number of amides is 3. The maximum Gasteiger partial charge on any atom is 0.490 e. The summed E-state index contributed by atoms with van der Waals surface area (Å²) in [5.74, 6) is -8.08. The zero-order valence-corrected chi connectivity index (χ0v) is 19.7. The summed E-state index contributed by atoms with van der Waals surface area (Å²) >= 11 is 0. The lowest BCUT2D eigenvalue weighted by molar-refractivity contribution is -0.192. The summed E-state index contributed by atoms with van der Waals surface area (Å²) < 4.78 is 31.7. The zero-order valence-electron chi connectivity index (χ0n) is 19.7. The van der Waals surface area contributed by atoms with E-state index in [0.717, 1.165) is 0 Å². The summed E-state index contributed by atoms with van der Waals surface area (Å²) in [6.07, 6.45) is -5.26. The summed E-state index contributed by atoms with van der Waals surface area (Å²) in [7, 11) is 0. The van der Waals surface area contributed by atoms with Crippen molar-refractivity contribution in [2.75, 3.05) is 19.7 Å². The van der Waals surface area contributed by atoms with E-state index in [1.165, 1.54) is 0 Å². The molecule has 0 rings (SSSR count). The number of aliphatic imine (C=N–C) groups is 1. The average Bonchev–Trinajstić information content (AvgIpc) is 2.80. The Hall–Kier alpha value is -4.20. The molecule has 218 valence electrons. The highest BCUT2D eigenvalue weighted by molar-refractivity contribution is 5.92. The fraction of sp³-hybridized carbons (Fsp3) is 0.611. The largest absolute Gasteiger partial charge is 0.490 e. The van der Waals surface area contributed by atoms with Gasteiger partial charge in [0.1, 0.15) is 12.1 Å². The van der Waals surface area contributed by atoms with Crippen molar-refractivity contribution < 1.29 is 62.4 Å². The minimum atomic E-state index is -5.08. The number of nitrogens with two attached hydrogens (primary N) is 3. The third-order valence-electron chi connectivity index (χ3n) is 4.07. The van der Waals surface area contributed by atoms with Gasteiger partial charge >= 0.3 is 24.1 Å². The van der Waals surface area contributed by atoms with E-state index in [2.05, 4.69) is 15.6 Å². The lowest BCUT2D eigenvalue weighted by Gasteiger charge is -2.20. The molecule has 20 heteroatoms. The van der Waals surface area contributed by atoms with Gasteiger partial charge < -0.3 is 53.6 Å². The van der Waals surface area contributed by atoms with Crippen LogP contribution in [0.4, 0.5) is 13.2 Å². The van der Waals surface area contributed by atoms with Crippen LogP contribution in [-0.4, -0.2) is 106 Å². The molecule has 17 nitrogen and oxygen atoms in total. The number of halogens is 3. The number of carboxylic acids is 3. The van der Waals surface area contributed by atoms with Crippen molar-refractivity contribution in [3.8, 4) is 0 Å². The van der Waals surface area contributed by atoms with Gasteiger partial charge in [-0.25, -0.2) is 9.59 Å². The first-order valence-corrected chi connectivity index (χ1v) is 10.5. The lowest BCUT2D eigenvalue weighted by Crippen LogP contribution is -2.54. The van der Waals surface area contributed by atoms with Crippen LogP contribution >= 0.6 is 0 Å². The minimum absolute atomic E-state index is 0.0927. The number of rotatable bonds is 15. The first-order chi connectivity index (χ1) is 17.4. The fourth-order valence-electron chi connectivity index (χ4n) is 2.19. The molecule has 3 atom stereocenters. The number of nitrogens with one attached hydrogen (secondary N) is 3.